The third-order valence-corrected chi connectivity index (χ3v) is 4.17. The van der Waals surface area contributed by atoms with E-state index in [0.29, 0.717) is 0 Å². The zero-order valence-electron chi connectivity index (χ0n) is 12.7. The summed E-state index contributed by atoms with van der Waals surface area (Å²) in [5, 5.41) is 7.81. The summed E-state index contributed by atoms with van der Waals surface area (Å²) in [5.41, 5.74) is 2.49. The number of aromatic nitrogens is 2. The highest BCUT2D eigenvalue weighted by molar-refractivity contribution is 5.44. The van der Waals surface area contributed by atoms with Crippen LogP contribution in [0.2, 0.25) is 0 Å². The normalized spacial score (nSPS) is 19.6. The maximum Gasteiger partial charge on any atom is 0.0659 e. The maximum absolute atomic E-state index is 4.23. The van der Waals surface area contributed by atoms with E-state index < -0.39 is 0 Å². The summed E-state index contributed by atoms with van der Waals surface area (Å²) in [6.45, 7) is 4.37. The molecule has 0 aliphatic carbocycles. The fourth-order valence-electron chi connectivity index (χ4n) is 3.01. The second-order valence-corrected chi connectivity index (χ2v) is 6.05. The van der Waals surface area contributed by atoms with Crippen molar-refractivity contribution < 1.29 is 0 Å². The van der Waals surface area contributed by atoms with Crippen LogP contribution in [0.3, 0.4) is 0 Å². The van der Waals surface area contributed by atoms with Gasteiger partial charge >= 0.3 is 0 Å². The summed E-state index contributed by atoms with van der Waals surface area (Å²) in [4.78, 5) is 2.43. The van der Waals surface area contributed by atoms with Crippen molar-refractivity contribution in [2.45, 2.75) is 19.4 Å². The van der Waals surface area contributed by atoms with E-state index in [1.165, 1.54) is 37.2 Å². The molecule has 4 nitrogen and oxygen atoms in total. The molecular formula is C17H24N4. The maximum atomic E-state index is 4.23. The molecule has 0 radical (unpaired) electrons. The fourth-order valence-corrected chi connectivity index (χ4v) is 3.01. The molecule has 112 valence electrons. The van der Waals surface area contributed by atoms with Gasteiger partial charge in [0.25, 0.3) is 0 Å². The van der Waals surface area contributed by atoms with Gasteiger partial charge in [-0.05, 0) is 56.1 Å². The lowest BCUT2D eigenvalue weighted by Crippen LogP contribution is -2.35. The smallest absolute Gasteiger partial charge is 0.0659 e. The second kappa shape index (κ2) is 6.76. The first-order valence-electron chi connectivity index (χ1n) is 7.78. The zero-order chi connectivity index (χ0) is 14.5. The van der Waals surface area contributed by atoms with E-state index in [9.17, 15) is 0 Å². The molecule has 0 saturated carbocycles. The molecular weight excluding hydrogens is 260 g/mol. The fraction of sp³-hybridized carbons (Fsp3) is 0.471. The van der Waals surface area contributed by atoms with E-state index in [1.807, 2.05) is 23.1 Å². The van der Waals surface area contributed by atoms with Crippen LogP contribution in [-0.2, 0) is 6.54 Å². The van der Waals surface area contributed by atoms with Crippen LogP contribution in [0.5, 0.6) is 0 Å². The second-order valence-electron chi connectivity index (χ2n) is 6.05. The van der Waals surface area contributed by atoms with Crippen LogP contribution in [0.15, 0.2) is 42.7 Å². The van der Waals surface area contributed by atoms with Gasteiger partial charge in [0.1, 0.15) is 0 Å². The molecule has 0 spiro atoms. The van der Waals surface area contributed by atoms with Crippen LogP contribution in [-0.4, -0.2) is 41.4 Å². The number of hydrogen-bond donors (Lipinski definition) is 1. The van der Waals surface area contributed by atoms with Gasteiger partial charge in [-0.15, -0.1) is 0 Å². The van der Waals surface area contributed by atoms with E-state index >= 15 is 0 Å². The molecule has 0 amide bonds. The Balaban J connectivity index is 1.50. The van der Waals surface area contributed by atoms with Crippen molar-refractivity contribution in [2.75, 3.05) is 32.0 Å². The molecule has 1 aliphatic heterocycles. The first-order chi connectivity index (χ1) is 10.3. The predicted molar refractivity (Wildman–Crippen MR) is 86.5 cm³/mol. The van der Waals surface area contributed by atoms with Gasteiger partial charge in [0.2, 0.25) is 0 Å². The van der Waals surface area contributed by atoms with Crippen LogP contribution >= 0.6 is 0 Å². The van der Waals surface area contributed by atoms with Crippen molar-refractivity contribution in [2.24, 2.45) is 5.92 Å². The highest BCUT2D eigenvalue weighted by Crippen LogP contribution is 2.17. The Hall–Kier alpha value is -1.81. The lowest BCUT2D eigenvalue weighted by Gasteiger charge is -2.30. The van der Waals surface area contributed by atoms with Gasteiger partial charge in [-0.1, -0.05) is 12.1 Å². The molecule has 1 aromatic carbocycles. The minimum Gasteiger partial charge on any atom is -0.385 e. The summed E-state index contributed by atoms with van der Waals surface area (Å²) in [7, 11) is 2.22. The van der Waals surface area contributed by atoms with E-state index in [2.05, 4.69) is 46.6 Å². The highest BCUT2D eigenvalue weighted by atomic mass is 15.3. The molecule has 21 heavy (non-hydrogen) atoms. The van der Waals surface area contributed by atoms with Gasteiger partial charge in [-0.3, -0.25) is 4.68 Å². The molecule has 1 aliphatic rings. The number of benzene rings is 1. The van der Waals surface area contributed by atoms with Gasteiger partial charge in [0, 0.05) is 31.2 Å². The number of hydrogen-bond acceptors (Lipinski definition) is 3. The quantitative estimate of drug-likeness (QED) is 0.916. The van der Waals surface area contributed by atoms with Crippen molar-refractivity contribution in [3.05, 3.63) is 48.3 Å². The topological polar surface area (TPSA) is 33.1 Å². The molecule has 0 bridgehead atoms. The Morgan fingerprint density at radius 2 is 2.14 bits per heavy atom. The molecule has 1 aromatic heterocycles. The average molecular weight is 284 g/mol. The van der Waals surface area contributed by atoms with Gasteiger partial charge in [0.05, 0.1) is 6.54 Å². The van der Waals surface area contributed by atoms with Crippen molar-refractivity contribution in [1.29, 1.82) is 0 Å². The average Bonchev–Trinajstić information content (AvgIpc) is 3.00. The summed E-state index contributed by atoms with van der Waals surface area (Å²) < 4.78 is 1.94. The molecule has 1 saturated heterocycles. The van der Waals surface area contributed by atoms with Crippen LogP contribution in [0.25, 0.3) is 0 Å². The zero-order valence-corrected chi connectivity index (χ0v) is 12.7. The summed E-state index contributed by atoms with van der Waals surface area (Å²) >= 11 is 0. The minimum absolute atomic E-state index is 0.771. The van der Waals surface area contributed by atoms with Crippen molar-refractivity contribution >= 4 is 5.69 Å². The molecule has 1 unspecified atom stereocenters. The Bertz CT molecular complexity index is 532. The Kier molecular flexibility index (Phi) is 4.55. The molecule has 1 atom stereocenters. The first kappa shape index (κ1) is 14.1. The van der Waals surface area contributed by atoms with Gasteiger partial charge in [-0.2, -0.15) is 5.10 Å². The van der Waals surface area contributed by atoms with E-state index in [1.54, 1.807) is 0 Å². The third kappa shape index (κ3) is 4.08. The SMILES string of the molecule is CN1CCCC(CNc2ccc(Cn3cccn3)cc2)C1. The van der Waals surface area contributed by atoms with Gasteiger partial charge in [0.15, 0.2) is 0 Å². The van der Waals surface area contributed by atoms with Crippen LogP contribution in [0.1, 0.15) is 18.4 Å². The molecule has 4 heteroatoms. The van der Waals surface area contributed by atoms with Crippen LogP contribution in [0, 0.1) is 5.92 Å². The van der Waals surface area contributed by atoms with Crippen molar-refractivity contribution in [3.8, 4) is 0 Å². The monoisotopic (exact) mass is 284 g/mol. The number of likely N-dealkylation sites (tertiary alicyclic amines) is 1. The summed E-state index contributed by atoms with van der Waals surface area (Å²) in [6, 6.07) is 10.7. The van der Waals surface area contributed by atoms with E-state index in [-0.39, 0.29) is 0 Å². The Labute approximate surface area is 126 Å². The first-order valence-corrected chi connectivity index (χ1v) is 7.78. The lowest BCUT2D eigenvalue weighted by molar-refractivity contribution is 0.217. The highest BCUT2D eigenvalue weighted by Gasteiger charge is 2.16. The largest absolute Gasteiger partial charge is 0.385 e. The molecule has 1 fully saturated rings. The Morgan fingerprint density at radius 3 is 2.86 bits per heavy atom. The number of piperidine rings is 1. The van der Waals surface area contributed by atoms with E-state index in [0.717, 1.165) is 19.0 Å². The van der Waals surface area contributed by atoms with E-state index in [4.69, 9.17) is 0 Å². The van der Waals surface area contributed by atoms with Crippen LogP contribution < -0.4 is 5.32 Å². The van der Waals surface area contributed by atoms with Crippen molar-refractivity contribution in [1.82, 2.24) is 14.7 Å². The summed E-state index contributed by atoms with van der Waals surface area (Å²) in [5.74, 6) is 0.771. The number of nitrogens with zero attached hydrogens (tertiary/aromatic N) is 3. The standard InChI is InChI=1S/C17H24N4/c1-20-10-2-4-16(13-20)12-18-17-7-5-15(6-8-17)14-21-11-3-9-19-21/h3,5-9,11,16,18H,2,4,10,12-14H2,1H3. The van der Waals surface area contributed by atoms with Gasteiger partial charge in [-0.25, -0.2) is 0 Å². The molecule has 2 aromatic rings. The number of nitrogens with one attached hydrogen (secondary N) is 1. The Morgan fingerprint density at radius 1 is 1.29 bits per heavy atom. The molecule has 1 N–H and O–H groups in total. The van der Waals surface area contributed by atoms with Crippen LogP contribution in [0.4, 0.5) is 5.69 Å². The van der Waals surface area contributed by atoms with Gasteiger partial charge < -0.3 is 10.2 Å². The number of rotatable bonds is 5. The summed E-state index contributed by atoms with van der Waals surface area (Å²) in [6.07, 6.45) is 6.48. The molecule has 2 heterocycles. The molecule has 3 rings (SSSR count). The third-order valence-electron chi connectivity index (χ3n) is 4.17. The minimum atomic E-state index is 0.771. The predicted octanol–water partition coefficient (Wildman–Crippen LogP) is 2.69. The van der Waals surface area contributed by atoms with Crippen molar-refractivity contribution in [3.63, 3.8) is 0 Å². The lowest BCUT2D eigenvalue weighted by atomic mass is 9.98. The number of anilines is 1.